The van der Waals surface area contributed by atoms with Gasteiger partial charge in [0, 0.05) is 6.04 Å². The van der Waals surface area contributed by atoms with E-state index in [1.165, 1.54) is 11.1 Å². The van der Waals surface area contributed by atoms with Gasteiger partial charge in [0.2, 0.25) is 0 Å². The maximum atomic E-state index is 11.6. The Bertz CT molecular complexity index is 468. The van der Waals surface area contributed by atoms with Crippen molar-refractivity contribution in [3.63, 3.8) is 0 Å². The van der Waals surface area contributed by atoms with Crippen molar-refractivity contribution in [3.05, 3.63) is 35.4 Å². The van der Waals surface area contributed by atoms with Crippen LogP contribution in [0.15, 0.2) is 24.3 Å². The summed E-state index contributed by atoms with van der Waals surface area (Å²) in [5.74, 6) is -0.704. The van der Waals surface area contributed by atoms with Gasteiger partial charge in [-0.1, -0.05) is 37.6 Å². The fourth-order valence-electron chi connectivity index (χ4n) is 3.27. The molecule has 0 spiro atoms. The van der Waals surface area contributed by atoms with Crippen LogP contribution >= 0.6 is 0 Å². The van der Waals surface area contributed by atoms with Crippen LogP contribution in [0.2, 0.25) is 0 Å². The molecule has 2 atom stereocenters. The average molecular weight is 275 g/mol. The quantitative estimate of drug-likeness (QED) is 0.892. The normalized spacial score (nSPS) is 24.8. The molecule has 1 aromatic carbocycles. The van der Waals surface area contributed by atoms with E-state index in [1.807, 2.05) is 6.92 Å². The van der Waals surface area contributed by atoms with Crippen molar-refractivity contribution in [2.75, 3.05) is 6.54 Å². The van der Waals surface area contributed by atoms with Crippen LogP contribution in [-0.2, 0) is 11.2 Å². The summed E-state index contributed by atoms with van der Waals surface area (Å²) in [6, 6.07) is 8.79. The molecule has 110 valence electrons. The molecular formula is C17H25NO2. The van der Waals surface area contributed by atoms with Crippen LogP contribution in [0.3, 0.4) is 0 Å². The van der Waals surface area contributed by atoms with E-state index in [0.29, 0.717) is 0 Å². The fraction of sp³-hybridized carbons (Fsp3) is 0.588. The predicted molar refractivity (Wildman–Crippen MR) is 80.8 cm³/mol. The second-order valence-corrected chi connectivity index (χ2v) is 6.04. The first-order chi connectivity index (χ1) is 9.49. The van der Waals surface area contributed by atoms with Crippen molar-refractivity contribution in [2.24, 2.45) is 0 Å². The molecule has 1 aliphatic rings. The molecule has 1 heterocycles. The minimum absolute atomic E-state index is 0.147. The van der Waals surface area contributed by atoms with E-state index < -0.39 is 11.5 Å². The topological polar surface area (TPSA) is 40.5 Å². The summed E-state index contributed by atoms with van der Waals surface area (Å²) < 4.78 is 0. The molecule has 0 aromatic heterocycles. The van der Waals surface area contributed by atoms with E-state index in [2.05, 4.69) is 43.0 Å². The van der Waals surface area contributed by atoms with E-state index in [4.69, 9.17) is 0 Å². The lowest BCUT2D eigenvalue weighted by Crippen LogP contribution is -2.48. The zero-order valence-electron chi connectivity index (χ0n) is 12.7. The van der Waals surface area contributed by atoms with E-state index in [-0.39, 0.29) is 6.04 Å². The molecule has 1 saturated heterocycles. The number of rotatable bonds is 5. The summed E-state index contributed by atoms with van der Waals surface area (Å²) in [6.45, 7) is 7.01. The second kappa shape index (κ2) is 5.96. The average Bonchev–Trinajstić information content (AvgIpc) is 2.83. The highest BCUT2D eigenvalue weighted by Gasteiger charge is 2.45. The van der Waals surface area contributed by atoms with Crippen LogP contribution in [0.4, 0.5) is 0 Å². The molecule has 2 rings (SSSR count). The highest BCUT2D eigenvalue weighted by atomic mass is 16.4. The summed E-state index contributed by atoms with van der Waals surface area (Å²) in [6.07, 6.45) is 3.95. The van der Waals surface area contributed by atoms with E-state index in [9.17, 15) is 9.90 Å². The summed E-state index contributed by atoms with van der Waals surface area (Å²) >= 11 is 0. The number of aliphatic carboxylic acids is 1. The first-order valence-electron chi connectivity index (χ1n) is 7.58. The van der Waals surface area contributed by atoms with Gasteiger partial charge in [0.05, 0.1) is 0 Å². The number of benzene rings is 1. The van der Waals surface area contributed by atoms with Gasteiger partial charge >= 0.3 is 5.97 Å². The van der Waals surface area contributed by atoms with Crippen molar-refractivity contribution >= 4 is 5.97 Å². The molecule has 2 unspecified atom stereocenters. The Balaban J connectivity index is 2.18. The number of aryl methyl sites for hydroxylation is 1. The molecule has 0 bridgehead atoms. The van der Waals surface area contributed by atoms with Crippen molar-refractivity contribution in [1.29, 1.82) is 0 Å². The fourth-order valence-corrected chi connectivity index (χ4v) is 3.27. The van der Waals surface area contributed by atoms with Crippen LogP contribution in [-0.4, -0.2) is 28.1 Å². The van der Waals surface area contributed by atoms with Crippen LogP contribution in [0.5, 0.6) is 0 Å². The SMILES string of the molecule is CCCc1ccc(C(C)N2CCCC2(C)C(=O)O)cc1. The van der Waals surface area contributed by atoms with Gasteiger partial charge in [-0.05, 0) is 50.8 Å². The van der Waals surface area contributed by atoms with Gasteiger partial charge in [0.1, 0.15) is 5.54 Å². The molecule has 1 aromatic rings. The monoisotopic (exact) mass is 275 g/mol. The summed E-state index contributed by atoms with van der Waals surface area (Å²) in [5.41, 5.74) is 1.84. The Morgan fingerprint density at radius 3 is 2.60 bits per heavy atom. The summed E-state index contributed by atoms with van der Waals surface area (Å²) in [5, 5.41) is 9.51. The lowest BCUT2D eigenvalue weighted by atomic mass is 9.95. The first kappa shape index (κ1) is 15.0. The van der Waals surface area contributed by atoms with Crippen molar-refractivity contribution in [1.82, 2.24) is 4.90 Å². The Hall–Kier alpha value is -1.35. The zero-order valence-corrected chi connectivity index (χ0v) is 12.7. The molecule has 0 radical (unpaired) electrons. The molecule has 0 saturated carbocycles. The molecule has 3 nitrogen and oxygen atoms in total. The summed E-state index contributed by atoms with van der Waals surface area (Å²) in [7, 11) is 0. The molecule has 0 aliphatic carbocycles. The van der Waals surface area contributed by atoms with Crippen molar-refractivity contribution in [2.45, 2.75) is 58.0 Å². The van der Waals surface area contributed by atoms with Crippen LogP contribution in [0.1, 0.15) is 57.2 Å². The van der Waals surface area contributed by atoms with Crippen LogP contribution < -0.4 is 0 Å². The number of carboxylic acids is 1. The van der Waals surface area contributed by atoms with Crippen molar-refractivity contribution < 1.29 is 9.90 Å². The summed E-state index contributed by atoms with van der Waals surface area (Å²) in [4.78, 5) is 13.7. The van der Waals surface area contributed by atoms with E-state index in [1.54, 1.807) is 0 Å². The number of hydrogen-bond acceptors (Lipinski definition) is 2. The standard InChI is InChI=1S/C17H25NO2/c1-4-6-14-7-9-15(10-8-14)13(2)18-12-5-11-17(18,3)16(19)20/h7-10,13H,4-6,11-12H2,1-3H3,(H,19,20). The Kier molecular flexibility index (Phi) is 4.48. The lowest BCUT2D eigenvalue weighted by molar-refractivity contribution is -0.149. The van der Waals surface area contributed by atoms with Gasteiger partial charge in [0.15, 0.2) is 0 Å². The number of nitrogens with zero attached hydrogens (tertiary/aromatic N) is 1. The Morgan fingerprint density at radius 2 is 2.05 bits per heavy atom. The minimum atomic E-state index is -0.721. The highest BCUT2D eigenvalue weighted by Crippen LogP contribution is 2.36. The molecule has 20 heavy (non-hydrogen) atoms. The van der Waals surface area contributed by atoms with E-state index >= 15 is 0 Å². The third kappa shape index (κ3) is 2.73. The third-order valence-corrected chi connectivity index (χ3v) is 4.63. The molecule has 1 N–H and O–H groups in total. The van der Waals surface area contributed by atoms with Gasteiger partial charge in [-0.3, -0.25) is 9.69 Å². The van der Waals surface area contributed by atoms with Gasteiger partial charge in [-0.25, -0.2) is 0 Å². The highest BCUT2D eigenvalue weighted by molar-refractivity contribution is 5.78. The maximum Gasteiger partial charge on any atom is 0.323 e. The lowest BCUT2D eigenvalue weighted by Gasteiger charge is -2.36. The molecule has 0 amide bonds. The third-order valence-electron chi connectivity index (χ3n) is 4.63. The van der Waals surface area contributed by atoms with E-state index in [0.717, 1.165) is 32.2 Å². The molecule has 3 heteroatoms. The first-order valence-corrected chi connectivity index (χ1v) is 7.58. The molecule has 1 aliphatic heterocycles. The second-order valence-electron chi connectivity index (χ2n) is 6.04. The van der Waals surface area contributed by atoms with Gasteiger partial charge in [0.25, 0.3) is 0 Å². The largest absolute Gasteiger partial charge is 0.480 e. The van der Waals surface area contributed by atoms with Crippen molar-refractivity contribution in [3.8, 4) is 0 Å². The Labute approximate surface area is 121 Å². The Morgan fingerprint density at radius 1 is 1.40 bits per heavy atom. The van der Waals surface area contributed by atoms with Gasteiger partial charge in [-0.15, -0.1) is 0 Å². The van der Waals surface area contributed by atoms with Crippen LogP contribution in [0.25, 0.3) is 0 Å². The molecular weight excluding hydrogens is 250 g/mol. The minimum Gasteiger partial charge on any atom is -0.480 e. The smallest absolute Gasteiger partial charge is 0.323 e. The number of likely N-dealkylation sites (tertiary alicyclic amines) is 1. The molecule has 1 fully saturated rings. The maximum absolute atomic E-state index is 11.6. The van der Waals surface area contributed by atoms with Gasteiger partial charge < -0.3 is 5.11 Å². The van der Waals surface area contributed by atoms with Crippen LogP contribution in [0, 0.1) is 0 Å². The number of hydrogen-bond donors (Lipinski definition) is 1. The van der Waals surface area contributed by atoms with Gasteiger partial charge in [-0.2, -0.15) is 0 Å². The number of carboxylic acid groups (broad SMARTS) is 1. The zero-order chi connectivity index (χ0) is 14.8. The predicted octanol–water partition coefficient (Wildman–Crippen LogP) is 3.64. The number of carbonyl (C=O) groups is 1.